The summed E-state index contributed by atoms with van der Waals surface area (Å²) in [4.78, 5) is 9.53. The Balaban J connectivity index is 2.25. The van der Waals surface area contributed by atoms with Crippen LogP contribution < -0.4 is 4.74 Å². The molecule has 0 unspecified atom stereocenters. The standard InChI is InChI=1S/C19H20N2O/c1-11-6-7-16-17(8-11)21-19(14(4)20-16)15-9-12(2)13(3)18(10-15)22-5/h6-10H,1-5H3. The number of aryl methyl sites for hydroxylation is 3. The lowest BCUT2D eigenvalue weighted by molar-refractivity contribution is 0.411. The second-order valence-corrected chi connectivity index (χ2v) is 5.77. The molecule has 0 aliphatic rings. The van der Waals surface area contributed by atoms with Crippen LogP contribution in [0.5, 0.6) is 5.75 Å². The van der Waals surface area contributed by atoms with E-state index in [-0.39, 0.29) is 0 Å². The van der Waals surface area contributed by atoms with E-state index < -0.39 is 0 Å². The molecule has 22 heavy (non-hydrogen) atoms. The summed E-state index contributed by atoms with van der Waals surface area (Å²) >= 11 is 0. The minimum absolute atomic E-state index is 0.889. The van der Waals surface area contributed by atoms with Gasteiger partial charge in [-0.05, 0) is 68.7 Å². The first-order chi connectivity index (χ1) is 10.5. The van der Waals surface area contributed by atoms with E-state index in [9.17, 15) is 0 Å². The topological polar surface area (TPSA) is 35.0 Å². The summed E-state index contributed by atoms with van der Waals surface area (Å²) in [7, 11) is 1.70. The Bertz CT molecular complexity index is 869. The number of hydrogen-bond acceptors (Lipinski definition) is 3. The van der Waals surface area contributed by atoms with Gasteiger partial charge in [0.25, 0.3) is 0 Å². The zero-order valence-electron chi connectivity index (χ0n) is 13.7. The third-order valence-electron chi connectivity index (χ3n) is 4.11. The Kier molecular flexibility index (Phi) is 3.57. The molecular formula is C19H20N2O. The average Bonchev–Trinajstić information content (AvgIpc) is 2.49. The van der Waals surface area contributed by atoms with Crippen LogP contribution in [0.1, 0.15) is 22.4 Å². The highest BCUT2D eigenvalue weighted by molar-refractivity contribution is 5.79. The fraction of sp³-hybridized carbons (Fsp3) is 0.263. The largest absolute Gasteiger partial charge is 0.496 e. The van der Waals surface area contributed by atoms with Gasteiger partial charge in [0.2, 0.25) is 0 Å². The molecule has 0 fully saturated rings. The van der Waals surface area contributed by atoms with Crippen LogP contribution in [0.15, 0.2) is 30.3 Å². The summed E-state index contributed by atoms with van der Waals surface area (Å²) in [6, 6.07) is 10.4. The second kappa shape index (κ2) is 5.41. The van der Waals surface area contributed by atoms with Crippen LogP contribution in [0.2, 0.25) is 0 Å². The lowest BCUT2D eigenvalue weighted by atomic mass is 10.0. The molecule has 1 heterocycles. The normalized spacial score (nSPS) is 11.0. The first kappa shape index (κ1) is 14.5. The molecule has 0 amide bonds. The highest BCUT2D eigenvalue weighted by Gasteiger charge is 2.12. The third kappa shape index (κ3) is 2.43. The number of fused-ring (bicyclic) bond motifs is 1. The smallest absolute Gasteiger partial charge is 0.122 e. The molecule has 3 rings (SSSR count). The third-order valence-corrected chi connectivity index (χ3v) is 4.11. The van der Waals surface area contributed by atoms with E-state index in [0.717, 1.165) is 39.3 Å². The molecule has 0 atom stereocenters. The van der Waals surface area contributed by atoms with E-state index in [2.05, 4.69) is 39.0 Å². The van der Waals surface area contributed by atoms with Gasteiger partial charge in [-0.2, -0.15) is 0 Å². The Morgan fingerprint density at radius 1 is 0.864 bits per heavy atom. The van der Waals surface area contributed by atoms with Crippen molar-refractivity contribution < 1.29 is 4.74 Å². The van der Waals surface area contributed by atoms with Crippen molar-refractivity contribution >= 4 is 11.0 Å². The predicted octanol–water partition coefficient (Wildman–Crippen LogP) is 4.54. The van der Waals surface area contributed by atoms with Crippen molar-refractivity contribution in [3.63, 3.8) is 0 Å². The van der Waals surface area contributed by atoms with Gasteiger partial charge in [0.15, 0.2) is 0 Å². The van der Waals surface area contributed by atoms with Crippen molar-refractivity contribution in [1.29, 1.82) is 0 Å². The molecule has 1 aromatic heterocycles. The summed E-state index contributed by atoms with van der Waals surface area (Å²) in [5, 5.41) is 0. The fourth-order valence-corrected chi connectivity index (χ4v) is 2.70. The van der Waals surface area contributed by atoms with E-state index >= 15 is 0 Å². The molecule has 0 N–H and O–H groups in total. The first-order valence-corrected chi connectivity index (χ1v) is 7.40. The minimum Gasteiger partial charge on any atom is -0.496 e. The SMILES string of the molecule is COc1cc(-c2nc3cc(C)ccc3nc2C)cc(C)c1C. The van der Waals surface area contributed by atoms with Gasteiger partial charge in [-0.1, -0.05) is 6.07 Å². The maximum atomic E-state index is 5.49. The van der Waals surface area contributed by atoms with Crippen LogP contribution in [-0.2, 0) is 0 Å². The minimum atomic E-state index is 0.889. The maximum Gasteiger partial charge on any atom is 0.122 e. The maximum absolute atomic E-state index is 5.49. The van der Waals surface area contributed by atoms with Gasteiger partial charge in [-0.15, -0.1) is 0 Å². The van der Waals surface area contributed by atoms with E-state index in [1.54, 1.807) is 7.11 Å². The number of ether oxygens (including phenoxy) is 1. The first-order valence-electron chi connectivity index (χ1n) is 7.40. The van der Waals surface area contributed by atoms with Crippen molar-refractivity contribution in [2.24, 2.45) is 0 Å². The molecule has 0 spiro atoms. The summed E-state index contributed by atoms with van der Waals surface area (Å²) in [5.74, 6) is 0.889. The lowest BCUT2D eigenvalue weighted by Gasteiger charge is -2.12. The van der Waals surface area contributed by atoms with Crippen LogP contribution in [-0.4, -0.2) is 17.1 Å². The van der Waals surface area contributed by atoms with Gasteiger partial charge in [-0.3, -0.25) is 0 Å². The Labute approximate surface area is 131 Å². The van der Waals surface area contributed by atoms with Crippen molar-refractivity contribution in [3.05, 3.63) is 52.7 Å². The molecular weight excluding hydrogens is 272 g/mol. The monoisotopic (exact) mass is 292 g/mol. The lowest BCUT2D eigenvalue weighted by Crippen LogP contribution is -1.97. The van der Waals surface area contributed by atoms with Crippen molar-refractivity contribution in [2.45, 2.75) is 27.7 Å². The highest BCUT2D eigenvalue weighted by atomic mass is 16.5. The zero-order valence-corrected chi connectivity index (χ0v) is 13.7. The molecule has 0 saturated heterocycles. The van der Waals surface area contributed by atoms with Gasteiger partial charge in [0, 0.05) is 5.56 Å². The number of rotatable bonds is 2. The molecule has 0 aliphatic heterocycles. The Morgan fingerprint density at radius 3 is 2.36 bits per heavy atom. The van der Waals surface area contributed by atoms with Crippen LogP contribution in [0, 0.1) is 27.7 Å². The van der Waals surface area contributed by atoms with Crippen LogP contribution in [0.4, 0.5) is 0 Å². The number of aromatic nitrogens is 2. The predicted molar refractivity (Wildman–Crippen MR) is 90.5 cm³/mol. The van der Waals surface area contributed by atoms with E-state index in [0.29, 0.717) is 0 Å². The average molecular weight is 292 g/mol. The molecule has 112 valence electrons. The molecule has 0 saturated carbocycles. The molecule has 2 aromatic carbocycles. The van der Waals surface area contributed by atoms with E-state index in [1.807, 2.05) is 19.1 Å². The number of hydrogen-bond donors (Lipinski definition) is 0. The van der Waals surface area contributed by atoms with Crippen LogP contribution in [0.25, 0.3) is 22.3 Å². The second-order valence-electron chi connectivity index (χ2n) is 5.77. The molecule has 0 aliphatic carbocycles. The number of benzene rings is 2. The van der Waals surface area contributed by atoms with Gasteiger partial charge in [-0.25, -0.2) is 9.97 Å². The van der Waals surface area contributed by atoms with Gasteiger partial charge in [0.05, 0.1) is 29.5 Å². The van der Waals surface area contributed by atoms with Crippen LogP contribution >= 0.6 is 0 Å². The Hall–Kier alpha value is -2.42. The zero-order chi connectivity index (χ0) is 15.9. The summed E-state index contributed by atoms with van der Waals surface area (Å²) in [5.41, 5.74) is 8.30. The van der Waals surface area contributed by atoms with Crippen molar-refractivity contribution in [1.82, 2.24) is 9.97 Å². The molecule has 3 nitrogen and oxygen atoms in total. The molecule has 3 aromatic rings. The summed E-state index contributed by atoms with van der Waals surface area (Å²) in [6.07, 6.45) is 0. The Morgan fingerprint density at radius 2 is 1.64 bits per heavy atom. The fourth-order valence-electron chi connectivity index (χ4n) is 2.70. The van der Waals surface area contributed by atoms with E-state index in [1.165, 1.54) is 11.1 Å². The molecule has 3 heteroatoms. The number of nitrogens with zero attached hydrogens (tertiary/aromatic N) is 2. The van der Waals surface area contributed by atoms with Gasteiger partial charge >= 0.3 is 0 Å². The molecule has 0 bridgehead atoms. The molecule has 0 radical (unpaired) electrons. The quantitative estimate of drug-likeness (QED) is 0.695. The van der Waals surface area contributed by atoms with Crippen LogP contribution in [0.3, 0.4) is 0 Å². The highest BCUT2D eigenvalue weighted by Crippen LogP contribution is 2.30. The van der Waals surface area contributed by atoms with Crippen molar-refractivity contribution in [3.8, 4) is 17.0 Å². The summed E-state index contributed by atoms with van der Waals surface area (Å²) in [6.45, 7) is 8.23. The summed E-state index contributed by atoms with van der Waals surface area (Å²) < 4.78 is 5.49. The number of methoxy groups -OCH3 is 1. The van der Waals surface area contributed by atoms with Gasteiger partial charge < -0.3 is 4.74 Å². The van der Waals surface area contributed by atoms with E-state index in [4.69, 9.17) is 14.7 Å². The van der Waals surface area contributed by atoms with Gasteiger partial charge in [0.1, 0.15) is 5.75 Å². The van der Waals surface area contributed by atoms with Crippen molar-refractivity contribution in [2.75, 3.05) is 7.11 Å².